The van der Waals surface area contributed by atoms with E-state index in [1.54, 1.807) is 6.92 Å². The fraction of sp³-hybridized carbons (Fsp3) is 0.545. The van der Waals surface area contributed by atoms with E-state index in [4.69, 9.17) is 0 Å². The number of alkyl halides is 3. The van der Waals surface area contributed by atoms with E-state index in [0.29, 0.717) is 11.2 Å². The van der Waals surface area contributed by atoms with Crippen molar-refractivity contribution in [2.45, 2.75) is 26.1 Å². The fourth-order valence-corrected chi connectivity index (χ4v) is 1.91. The maximum Gasteiger partial charge on any atom is 0.408 e. The summed E-state index contributed by atoms with van der Waals surface area (Å²) in [6, 6.07) is 0. The largest absolute Gasteiger partial charge is 0.408 e. The third kappa shape index (κ3) is 5.74. The molecule has 0 bridgehead atoms. The molecule has 0 spiro atoms. The Morgan fingerprint density at radius 1 is 1.48 bits per heavy atom. The standard InChI is InChI=1S/C11H14BrF3N4O2/c1-2-16-8(20)3-4-17-7-5-18-19(6-11(13,14)15)10(21)9(7)12/h5,17H,2-4,6H2,1H3,(H,16,20). The molecule has 0 aliphatic rings. The van der Waals surface area contributed by atoms with Gasteiger partial charge in [-0.1, -0.05) is 0 Å². The molecule has 2 N–H and O–H groups in total. The molecule has 0 fully saturated rings. The van der Waals surface area contributed by atoms with Crippen molar-refractivity contribution in [1.29, 1.82) is 0 Å². The van der Waals surface area contributed by atoms with Crippen molar-refractivity contribution in [3.05, 3.63) is 21.0 Å². The molecule has 0 radical (unpaired) electrons. The van der Waals surface area contributed by atoms with Gasteiger partial charge in [-0.2, -0.15) is 18.3 Å². The van der Waals surface area contributed by atoms with Crippen molar-refractivity contribution in [1.82, 2.24) is 15.1 Å². The van der Waals surface area contributed by atoms with Crippen LogP contribution in [0.1, 0.15) is 13.3 Å². The summed E-state index contributed by atoms with van der Waals surface area (Å²) >= 11 is 2.93. The average molecular weight is 371 g/mol. The minimum absolute atomic E-state index is 0.0577. The highest BCUT2D eigenvalue weighted by atomic mass is 79.9. The summed E-state index contributed by atoms with van der Waals surface area (Å²) in [4.78, 5) is 22.9. The third-order valence-electron chi connectivity index (χ3n) is 2.36. The van der Waals surface area contributed by atoms with E-state index in [0.717, 1.165) is 6.20 Å². The third-order valence-corrected chi connectivity index (χ3v) is 3.12. The summed E-state index contributed by atoms with van der Waals surface area (Å²) < 4.78 is 37.0. The number of rotatable bonds is 6. The summed E-state index contributed by atoms with van der Waals surface area (Å²) in [6.07, 6.45) is -3.25. The van der Waals surface area contributed by atoms with Crippen LogP contribution in [0.15, 0.2) is 15.5 Å². The lowest BCUT2D eigenvalue weighted by molar-refractivity contribution is -0.143. The number of anilines is 1. The van der Waals surface area contributed by atoms with Gasteiger partial charge in [-0.3, -0.25) is 9.59 Å². The number of hydrogen-bond acceptors (Lipinski definition) is 4. The van der Waals surface area contributed by atoms with E-state index in [1.807, 2.05) is 0 Å². The molecule has 0 aromatic carbocycles. The summed E-state index contributed by atoms with van der Waals surface area (Å²) in [5, 5.41) is 8.81. The highest BCUT2D eigenvalue weighted by Gasteiger charge is 2.29. The second-order valence-electron chi connectivity index (χ2n) is 4.08. The molecule has 0 saturated heterocycles. The number of nitrogens with zero attached hydrogens (tertiary/aromatic N) is 2. The summed E-state index contributed by atoms with van der Waals surface area (Å²) in [5.74, 6) is -0.167. The zero-order valence-electron chi connectivity index (χ0n) is 11.1. The van der Waals surface area contributed by atoms with E-state index < -0.39 is 18.3 Å². The molecule has 0 atom stereocenters. The predicted octanol–water partition coefficient (Wildman–Crippen LogP) is 1.51. The van der Waals surface area contributed by atoms with Gasteiger partial charge in [0.05, 0.1) is 11.9 Å². The van der Waals surface area contributed by atoms with E-state index in [9.17, 15) is 22.8 Å². The van der Waals surface area contributed by atoms with Gasteiger partial charge in [0.15, 0.2) is 0 Å². The SMILES string of the molecule is CCNC(=O)CCNc1cnn(CC(F)(F)F)c(=O)c1Br. The second kappa shape index (κ2) is 7.43. The first-order valence-corrected chi connectivity index (χ1v) is 6.87. The van der Waals surface area contributed by atoms with Crippen LogP contribution in [0.2, 0.25) is 0 Å². The van der Waals surface area contributed by atoms with Crippen molar-refractivity contribution in [2.24, 2.45) is 0 Å². The topological polar surface area (TPSA) is 76.0 Å². The zero-order chi connectivity index (χ0) is 16.0. The minimum atomic E-state index is -4.52. The lowest BCUT2D eigenvalue weighted by Crippen LogP contribution is -2.31. The maximum absolute atomic E-state index is 12.2. The molecule has 10 heteroatoms. The Bertz CT molecular complexity index is 559. The smallest absolute Gasteiger partial charge is 0.382 e. The Morgan fingerprint density at radius 3 is 2.71 bits per heavy atom. The van der Waals surface area contributed by atoms with Gasteiger partial charge < -0.3 is 10.6 Å². The molecular formula is C11H14BrF3N4O2. The fourth-order valence-electron chi connectivity index (χ4n) is 1.47. The zero-order valence-corrected chi connectivity index (χ0v) is 12.7. The van der Waals surface area contributed by atoms with Crippen molar-refractivity contribution in [3.8, 4) is 0 Å². The van der Waals surface area contributed by atoms with Crippen molar-refractivity contribution in [3.63, 3.8) is 0 Å². The molecule has 1 heterocycles. The van der Waals surface area contributed by atoms with Gasteiger partial charge in [0.1, 0.15) is 11.0 Å². The first kappa shape index (κ1) is 17.5. The molecule has 118 valence electrons. The quantitative estimate of drug-likeness (QED) is 0.795. The van der Waals surface area contributed by atoms with Crippen LogP contribution in [0, 0.1) is 0 Å². The van der Waals surface area contributed by atoms with Crippen LogP contribution < -0.4 is 16.2 Å². The van der Waals surface area contributed by atoms with E-state index >= 15 is 0 Å². The summed E-state index contributed by atoms with van der Waals surface area (Å²) in [7, 11) is 0. The van der Waals surface area contributed by atoms with E-state index in [2.05, 4.69) is 31.7 Å². The van der Waals surface area contributed by atoms with Crippen molar-refractivity contribution >= 4 is 27.5 Å². The van der Waals surface area contributed by atoms with E-state index in [-0.39, 0.29) is 29.0 Å². The molecule has 1 aromatic rings. The van der Waals surface area contributed by atoms with Crippen LogP contribution >= 0.6 is 15.9 Å². The first-order chi connectivity index (χ1) is 9.74. The van der Waals surface area contributed by atoms with Gasteiger partial charge >= 0.3 is 6.18 Å². The average Bonchev–Trinajstić information content (AvgIpc) is 2.37. The normalized spacial score (nSPS) is 11.3. The molecule has 0 saturated carbocycles. The van der Waals surface area contributed by atoms with Gasteiger partial charge in [-0.05, 0) is 22.9 Å². The van der Waals surface area contributed by atoms with Crippen LogP contribution in [-0.4, -0.2) is 35.0 Å². The lowest BCUT2D eigenvalue weighted by atomic mass is 10.3. The summed E-state index contributed by atoms with van der Waals surface area (Å²) in [6.45, 7) is 1.07. The Balaban J connectivity index is 2.72. The highest BCUT2D eigenvalue weighted by Crippen LogP contribution is 2.19. The number of halogens is 4. The van der Waals surface area contributed by atoms with Crippen LogP contribution in [0.3, 0.4) is 0 Å². The molecular weight excluding hydrogens is 357 g/mol. The Morgan fingerprint density at radius 2 is 2.14 bits per heavy atom. The first-order valence-electron chi connectivity index (χ1n) is 6.07. The molecule has 0 aliphatic carbocycles. The Labute approximate surface area is 126 Å². The van der Waals surface area contributed by atoms with Crippen molar-refractivity contribution in [2.75, 3.05) is 18.4 Å². The minimum Gasteiger partial charge on any atom is -0.382 e. The molecule has 6 nitrogen and oxygen atoms in total. The van der Waals surface area contributed by atoms with Gasteiger partial charge in [0.2, 0.25) is 5.91 Å². The summed E-state index contributed by atoms with van der Waals surface area (Å²) in [5.41, 5.74) is -0.655. The van der Waals surface area contributed by atoms with E-state index in [1.165, 1.54) is 0 Å². The van der Waals surface area contributed by atoms with Crippen LogP contribution in [0.4, 0.5) is 18.9 Å². The molecule has 1 rings (SSSR count). The molecule has 1 amide bonds. The Hall–Kier alpha value is -1.58. The van der Waals surface area contributed by atoms with Crippen LogP contribution in [-0.2, 0) is 11.3 Å². The van der Waals surface area contributed by atoms with Crippen molar-refractivity contribution < 1.29 is 18.0 Å². The molecule has 0 aliphatic heterocycles. The lowest BCUT2D eigenvalue weighted by Gasteiger charge is -2.11. The predicted molar refractivity (Wildman–Crippen MR) is 74.0 cm³/mol. The number of amides is 1. The molecule has 0 unspecified atom stereocenters. The number of carbonyl (C=O) groups is 1. The van der Waals surface area contributed by atoms with Gasteiger partial charge in [-0.15, -0.1) is 0 Å². The second-order valence-corrected chi connectivity index (χ2v) is 4.87. The number of aromatic nitrogens is 2. The van der Waals surface area contributed by atoms with Crippen LogP contribution in [0.25, 0.3) is 0 Å². The molecule has 1 aromatic heterocycles. The Kier molecular flexibility index (Phi) is 6.19. The highest BCUT2D eigenvalue weighted by molar-refractivity contribution is 9.10. The van der Waals surface area contributed by atoms with Gasteiger partial charge in [0, 0.05) is 19.5 Å². The van der Waals surface area contributed by atoms with Gasteiger partial charge in [-0.25, -0.2) is 4.68 Å². The monoisotopic (exact) mass is 370 g/mol. The number of hydrogen-bond donors (Lipinski definition) is 2. The number of nitrogens with one attached hydrogen (secondary N) is 2. The van der Waals surface area contributed by atoms with Crippen LogP contribution in [0.5, 0.6) is 0 Å². The van der Waals surface area contributed by atoms with Gasteiger partial charge in [0.25, 0.3) is 5.56 Å². The molecule has 21 heavy (non-hydrogen) atoms. The maximum atomic E-state index is 12.2. The number of carbonyl (C=O) groups excluding carboxylic acids is 1.